The molecule has 0 saturated carbocycles. The van der Waals surface area contributed by atoms with Crippen LogP contribution in [0, 0.1) is 12.7 Å². The number of benzene rings is 2. The first-order valence-electron chi connectivity index (χ1n) is 6.56. The van der Waals surface area contributed by atoms with Gasteiger partial charge in [-0.3, -0.25) is 0 Å². The first-order chi connectivity index (χ1) is 9.70. The minimum Gasteiger partial charge on any atom is -0.385 e. The molecule has 3 aromatic rings. The predicted octanol–water partition coefficient (Wildman–Crippen LogP) is 4.40. The lowest BCUT2D eigenvalue weighted by Crippen LogP contribution is -2.04. The van der Waals surface area contributed by atoms with Crippen LogP contribution in [0.1, 0.15) is 10.6 Å². The third kappa shape index (κ3) is 2.96. The fourth-order valence-corrected chi connectivity index (χ4v) is 2.99. The van der Waals surface area contributed by atoms with Gasteiger partial charge < -0.3 is 5.32 Å². The number of nitrogens with zero attached hydrogens (tertiary/aromatic N) is 1. The van der Waals surface area contributed by atoms with Gasteiger partial charge >= 0.3 is 0 Å². The monoisotopic (exact) mass is 286 g/mol. The summed E-state index contributed by atoms with van der Waals surface area (Å²) in [7, 11) is 0. The molecule has 102 valence electrons. The van der Waals surface area contributed by atoms with Gasteiger partial charge in [-0.25, -0.2) is 9.37 Å². The van der Waals surface area contributed by atoms with Crippen molar-refractivity contribution in [2.75, 3.05) is 11.9 Å². The number of anilines is 1. The van der Waals surface area contributed by atoms with Gasteiger partial charge in [0.1, 0.15) is 5.82 Å². The van der Waals surface area contributed by atoms with E-state index in [0.717, 1.165) is 33.9 Å². The number of hydrogen-bond acceptors (Lipinski definition) is 3. The number of rotatable bonds is 4. The Balaban J connectivity index is 1.63. The first kappa shape index (κ1) is 13.1. The number of thiazole rings is 1. The van der Waals surface area contributed by atoms with E-state index in [0.29, 0.717) is 0 Å². The van der Waals surface area contributed by atoms with Crippen LogP contribution in [0.25, 0.3) is 10.2 Å². The van der Waals surface area contributed by atoms with Crippen molar-refractivity contribution in [1.82, 2.24) is 4.98 Å². The van der Waals surface area contributed by atoms with Crippen molar-refractivity contribution >= 4 is 27.2 Å². The molecule has 0 aliphatic rings. The maximum atomic E-state index is 13.1. The molecule has 0 aliphatic carbocycles. The van der Waals surface area contributed by atoms with Crippen LogP contribution in [0.2, 0.25) is 0 Å². The zero-order valence-corrected chi connectivity index (χ0v) is 12.0. The Morgan fingerprint density at radius 2 is 1.95 bits per heavy atom. The van der Waals surface area contributed by atoms with Gasteiger partial charge in [-0.1, -0.05) is 17.7 Å². The summed E-state index contributed by atoms with van der Waals surface area (Å²) >= 11 is 1.63. The normalized spacial score (nSPS) is 10.9. The van der Waals surface area contributed by atoms with E-state index in [9.17, 15) is 4.39 Å². The highest BCUT2D eigenvalue weighted by Gasteiger charge is 2.04. The van der Waals surface area contributed by atoms with Gasteiger partial charge in [0.05, 0.1) is 15.2 Å². The molecule has 0 saturated heterocycles. The second kappa shape index (κ2) is 5.59. The van der Waals surface area contributed by atoms with Crippen molar-refractivity contribution in [3.05, 3.63) is 58.9 Å². The zero-order chi connectivity index (χ0) is 13.9. The van der Waals surface area contributed by atoms with Crippen molar-refractivity contribution in [1.29, 1.82) is 0 Å². The SMILES string of the molecule is Cc1ccc(NCCc2nc3cc(F)ccc3s2)cc1. The van der Waals surface area contributed by atoms with Crippen molar-refractivity contribution in [3.8, 4) is 0 Å². The Labute approximate surface area is 121 Å². The highest BCUT2D eigenvalue weighted by atomic mass is 32.1. The highest BCUT2D eigenvalue weighted by Crippen LogP contribution is 2.23. The van der Waals surface area contributed by atoms with Crippen molar-refractivity contribution in [3.63, 3.8) is 0 Å². The lowest BCUT2D eigenvalue weighted by Gasteiger charge is -2.04. The van der Waals surface area contributed by atoms with Crippen LogP contribution in [-0.4, -0.2) is 11.5 Å². The van der Waals surface area contributed by atoms with Gasteiger partial charge in [-0.2, -0.15) is 0 Å². The molecule has 0 spiro atoms. The summed E-state index contributed by atoms with van der Waals surface area (Å²) in [5.41, 5.74) is 3.12. The summed E-state index contributed by atoms with van der Waals surface area (Å²) in [4.78, 5) is 4.46. The molecule has 0 radical (unpaired) electrons. The standard InChI is InChI=1S/C16H15FN2S/c1-11-2-5-13(6-3-11)18-9-8-16-19-14-10-12(17)4-7-15(14)20-16/h2-7,10,18H,8-9H2,1H3. The molecule has 1 aromatic heterocycles. The van der Waals surface area contributed by atoms with E-state index in [-0.39, 0.29) is 5.82 Å². The van der Waals surface area contributed by atoms with Gasteiger partial charge in [0.2, 0.25) is 0 Å². The van der Waals surface area contributed by atoms with Crippen LogP contribution in [-0.2, 0) is 6.42 Å². The van der Waals surface area contributed by atoms with Gasteiger partial charge in [0, 0.05) is 24.7 Å². The zero-order valence-electron chi connectivity index (χ0n) is 11.2. The van der Waals surface area contributed by atoms with Crippen LogP contribution >= 0.6 is 11.3 Å². The van der Waals surface area contributed by atoms with Crippen LogP contribution in [0.15, 0.2) is 42.5 Å². The maximum absolute atomic E-state index is 13.1. The average Bonchev–Trinajstić information content (AvgIpc) is 2.83. The molecule has 1 heterocycles. The third-order valence-corrected chi connectivity index (χ3v) is 4.21. The molecule has 0 unspecified atom stereocenters. The highest BCUT2D eigenvalue weighted by molar-refractivity contribution is 7.18. The van der Waals surface area contributed by atoms with E-state index in [1.165, 1.54) is 17.7 Å². The Morgan fingerprint density at radius 1 is 1.15 bits per heavy atom. The van der Waals surface area contributed by atoms with Crippen molar-refractivity contribution < 1.29 is 4.39 Å². The minimum atomic E-state index is -0.230. The molecule has 0 bridgehead atoms. The molecule has 2 nitrogen and oxygen atoms in total. The Bertz CT molecular complexity index is 719. The summed E-state index contributed by atoms with van der Waals surface area (Å²) in [5, 5.41) is 4.40. The average molecular weight is 286 g/mol. The Morgan fingerprint density at radius 3 is 2.75 bits per heavy atom. The van der Waals surface area contributed by atoms with Crippen LogP contribution in [0.4, 0.5) is 10.1 Å². The van der Waals surface area contributed by atoms with Crippen molar-refractivity contribution in [2.45, 2.75) is 13.3 Å². The van der Waals surface area contributed by atoms with Gasteiger partial charge in [-0.15, -0.1) is 11.3 Å². The number of fused-ring (bicyclic) bond motifs is 1. The number of hydrogen-bond donors (Lipinski definition) is 1. The van der Waals surface area contributed by atoms with Crippen LogP contribution in [0.5, 0.6) is 0 Å². The molecular weight excluding hydrogens is 271 g/mol. The molecular formula is C16H15FN2S. The van der Waals surface area contributed by atoms with Gasteiger partial charge in [0.15, 0.2) is 0 Å². The summed E-state index contributed by atoms with van der Waals surface area (Å²) in [6.07, 6.45) is 0.842. The molecule has 0 aliphatic heterocycles. The Kier molecular flexibility index (Phi) is 3.65. The quantitative estimate of drug-likeness (QED) is 0.769. The fraction of sp³-hybridized carbons (Fsp3) is 0.188. The number of nitrogens with one attached hydrogen (secondary N) is 1. The maximum Gasteiger partial charge on any atom is 0.125 e. The topological polar surface area (TPSA) is 24.9 Å². The summed E-state index contributed by atoms with van der Waals surface area (Å²) < 4.78 is 14.1. The minimum absolute atomic E-state index is 0.230. The van der Waals surface area contributed by atoms with E-state index in [2.05, 4.69) is 41.5 Å². The molecule has 0 fully saturated rings. The largest absolute Gasteiger partial charge is 0.385 e. The molecule has 20 heavy (non-hydrogen) atoms. The predicted molar refractivity (Wildman–Crippen MR) is 83.0 cm³/mol. The van der Waals surface area contributed by atoms with E-state index in [4.69, 9.17) is 0 Å². The summed E-state index contributed by atoms with van der Waals surface area (Å²) in [6.45, 7) is 2.90. The van der Waals surface area contributed by atoms with E-state index in [1.807, 2.05) is 0 Å². The molecule has 4 heteroatoms. The summed E-state index contributed by atoms with van der Waals surface area (Å²) in [6, 6.07) is 13.1. The number of aryl methyl sites for hydroxylation is 1. The van der Waals surface area contributed by atoms with Gasteiger partial charge in [0.25, 0.3) is 0 Å². The smallest absolute Gasteiger partial charge is 0.125 e. The number of halogens is 1. The first-order valence-corrected chi connectivity index (χ1v) is 7.38. The van der Waals surface area contributed by atoms with E-state index in [1.54, 1.807) is 17.4 Å². The Hall–Kier alpha value is -1.94. The third-order valence-electron chi connectivity index (χ3n) is 3.11. The second-order valence-electron chi connectivity index (χ2n) is 4.76. The summed E-state index contributed by atoms with van der Waals surface area (Å²) in [5.74, 6) is -0.230. The molecule has 0 amide bonds. The molecule has 2 aromatic carbocycles. The molecule has 1 N–H and O–H groups in total. The second-order valence-corrected chi connectivity index (χ2v) is 5.88. The van der Waals surface area contributed by atoms with Crippen molar-refractivity contribution in [2.24, 2.45) is 0 Å². The fourth-order valence-electron chi connectivity index (χ4n) is 2.04. The van der Waals surface area contributed by atoms with E-state index < -0.39 is 0 Å². The molecule has 3 rings (SSSR count). The van der Waals surface area contributed by atoms with Crippen LogP contribution < -0.4 is 5.32 Å². The molecule has 0 atom stereocenters. The lowest BCUT2D eigenvalue weighted by molar-refractivity contribution is 0.629. The van der Waals surface area contributed by atoms with Crippen LogP contribution in [0.3, 0.4) is 0 Å². The lowest BCUT2D eigenvalue weighted by atomic mass is 10.2. The number of aromatic nitrogens is 1. The van der Waals surface area contributed by atoms with E-state index >= 15 is 0 Å². The van der Waals surface area contributed by atoms with Gasteiger partial charge in [-0.05, 0) is 31.2 Å².